The SMILES string of the molecule is O=C(OC1CCN(CC(F)F)CC1)c1nccc2ccccc12. The van der Waals surface area contributed by atoms with Crippen LogP contribution in [0.1, 0.15) is 23.3 Å². The molecule has 4 nitrogen and oxygen atoms in total. The van der Waals surface area contributed by atoms with Crippen LogP contribution in [0, 0.1) is 0 Å². The molecule has 0 unspecified atom stereocenters. The molecule has 0 spiro atoms. The van der Waals surface area contributed by atoms with Crippen molar-refractivity contribution < 1.29 is 18.3 Å². The zero-order valence-corrected chi connectivity index (χ0v) is 12.6. The maximum absolute atomic E-state index is 12.4. The average Bonchev–Trinajstić information content (AvgIpc) is 2.55. The summed E-state index contributed by atoms with van der Waals surface area (Å²) < 4.78 is 30.2. The summed E-state index contributed by atoms with van der Waals surface area (Å²) in [5, 5.41) is 1.69. The van der Waals surface area contributed by atoms with E-state index in [9.17, 15) is 13.6 Å². The first-order valence-corrected chi connectivity index (χ1v) is 7.68. The first kappa shape index (κ1) is 15.8. The molecule has 23 heavy (non-hydrogen) atoms. The second kappa shape index (κ2) is 7.00. The average molecular weight is 320 g/mol. The number of carbonyl (C=O) groups is 1. The summed E-state index contributed by atoms with van der Waals surface area (Å²) in [7, 11) is 0. The standard InChI is InChI=1S/C17H18F2N2O2/c18-15(19)11-21-9-6-13(7-10-21)23-17(22)16-14-4-2-1-3-12(14)5-8-20-16/h1-5,8,13,15H,6-7,9-11H2. The smallest absolute Gasteiger partial charge is 0.357 e. The van der Waals surface area contributed by atoms with Gasteiger partial charge in [-0.3, -0.25) is 4.90 Å². The maximum Gasteiger partial charge on any atom is 0.357 e. The minimum Gasteiger partial charge on any atom is -0.458 e. The summed E-state index contributed by atoms with van der Waals surface area (Å²) in [5.41, 5.74) is 0.304. The van der Waals surface area contributed by atoms with Gasteiger partial charge in [0.1, 0.15) is 6.10 Å². The lowest BCUT2D eigenvalue weighted by Gasteiger charge is -2.31. The Morgan fingerprint density at radius 2 is 2.00 bits per heavy atom. The molecule has 1 saturated heterocycles. The molecule has 2 aromatic rings. The normalized spacial score (nSPS) is 16.8. The van der Waals surface area contributed by atoms with Crippen molar-refractivity contribution in [2.75, 3.05) is 19.6 Å². The molecule has 1 fully saturated rings. The van der Waals surface area contributed by atoms with Crippen LogP contribution < -0.4 is 0 Å². The lowest BCUT2D eigenvalue weighted by Crippen LogP contribution is -2.40. The van der Waals surface area contributed by atoms with Gasteiger partial charge in [-0.25, -0.2) is 18.6 Å². The highest BCUT2D eigenvalue weighted by Crippen LogP contribution is 2.20. The molecule has 0 N–H and O–H groups in total. The van der Waals surface area contributed by atoms with E-state index in [1.165, 1.54) is 0 Å². The van der Waals surface area contributed by atoms with Crippen LogP contribution in [-0.2, 0) is 4.74 Å². The van der Waals surface area contributed by atoms with Crippen LogP contribution in [0.3, 0.4) is 0 Å². The van der Waals surface area contributed by atoms with E-state index in [0.29, 0.717) is 31.6 Å². The lowest BCUT2D eigenvalue weighted by molar-refractivity contribution is 0.00196. The van der Waals surface area contributed by atoms with Gasteiger partial charge in [0.05, 0.1) is 6.54 Å². The monoisotopic (exact) mass is 320 g/mol. The van der Waals surface area contributed by atoms with Crippen LogP contribution in [0.2, 0.25) is 0 Å². The largest absolute Gasteiger partial charge is 0.458 e. The fourth-order valence-electron chi connectivity index (χ4n) is 2.89. The van der Waals surface area contributed by atoms with Crippen molar-refractivity contribution in [2.45, 2.75) is 25.4 Å². The molecule has 0 bridgehead atoms. The van der Waals surface area contributed by atoms with Crippen LogP contribution in [0.15, 0.2) is 36.5 Å². The number of piperidine rings is 1. The van der Waals surface area contributed by atoms with Gasteiger partial charge in [-0.05, 0) is 24.3 Å². The fraction of sp³-hybridized carbons (Fsp3) is 0.412. The van der Waals surface area contributed by atoms with Crippen LogP contribution in [0.5, 0.6) is 0 Å². The number of benzene rings is 1. The van der Waals surface area contributed by atoms with E-state index in [-0.39, 0.29) is 12.6 Å². The van der Waals surface area contributed by atoms with Gasteiger partial charge in [-0.1, -0.05) is 24.3 Å². The summed E-state index contributed by atoms with van der Waals surface area (Å²) >= 11 is 0. The van der Waals surface area contributed by atoms with Crippen molar-refractivity contribution in [3.63, 3.8) is 0 Å². The molecule has 1 aromatic carbocycles. The molecule has 0 saturated carbocycles. The molecule has 1 aliphatic heterocycles. The number of pyridine rings is 1. The maximum atomic E-state index is 12.4. The molecule has 0 aliphatic carbocycles. The number of fused-ring (bicyclic) bond motifs is 1. The van der Waals surface area contributed by atoms with Gasteiger partial charge in [0.2, 0.25) is 0 Å². The number of hydrogen-bond donors (Lipinski definition) is 0. The molecule has 122 valence electrons. The molecule has 1 aromatic heterocycles. The van der Waals surface area contributed by atoms with E-state index in [1.807, 2.05) is 30.3 Å². The zero-order valence-electron chi connectivity index (χ0n) is 12.6. The van der Waals surface area contributed by atoms with Crippen LogP contribution in [-0.4, -0.2) is 48.0 Å². The van der Waals surface area contributed by atoms with Crippen molar-refractivity contribution >= 4 is 16.7 Å². The van der Waals surface area contributed by atoms with Gasteiger partial charge in [0.25, 0.3) is 6.43 Å². The van der Waals surface area contributed by atoms with Crippen molar-refractivity contribution in [1.29, 1.82) is 0 Å². The van der Waals surface area contributed by atoms with E-state index in [2.05, 4.69) is 4.98 Å². The summed E-state index contributed by atoms with van der Waals surface area (Å²) in [6.45, 7) is 0.821. The highest BCUT2D eigenvalue weighted by molar-refractivity contribution is 6.02. The molecule has 0 amide bonds. The lowest BCUT2D eigenvalue weighted by atomic mass is 10.1. The van der Waals surface area contributed by atoms with Crippen molar-refractivity contribution in [3.8, 4) is 0 Å². The van der Waals surface area contributed by atoms with Gasteiger partial charge in [-0.2, -0.15) is 0 Å². The highest BCUT2D eigenvalue weighted by Gasteiger charge is 2.25. The molecule has 0 radical (unpaired) electrons. The predicted molar refractivity (Wildman–Crippen MR) is 82.6 cm³/mol. The Hall–Kier alpha value is -2.08. The fourth-order valence-corrected chi connectivity index (χ4v) is 2.89. The minimum absolute atomic E-state index is 0.217. The van der Waals surface area contributed by atoms with Gasteiger partial charge in [0, 0.05) is 24.7 Å². The van der Waals surface area contributed by atoms with Gasteiger partial charge < -0.3 is 4.74 Å². The molecular formula is C17H18F2N2O2. The topological polar surface area (TPSA) is 42.4 Å². The second-order valence-electron chi connectivity index (χ2n) is 5.68. The van der Waals surface area contributed by atoms with Gasteiger partial charge >= 0.3 is 5.97 Å². The van der Waals surface area contributed by atoms with Crippen LogP contribution >= 0.6 is 0 Å². The number of likely N-dealkylation sites (tertiary alicyclic amines) is 1. The highest BCUT2D eigenvalue weighted by atomic mass is 19.3. The van der Waals surface area contributed by atoms with Crippen molar-refractivity contribution in [2.24, 2.45) is 0 Å². The van der Waals surface area contributed by atoms with E-state index in [0.717, 1.165) is 10.8 Å². The summed E-state index contributed by atoms with van der Waals surface area (Å²) in [6, 6.07) is 9.34. The first-order chi connectivity index (χ1) is 11.1. The summed E-state index contributed by atoms with van der Waals surface area (Å²) in [5.74, 6) is -0.450. The number of nitrogens with zero attached hydrogens (tertiary/aromatic N) is 2. The molecule has 1 aliphatic rings. The third kappa shape index (κ3) is 3.82. The third-order valence-corrected chi connectivity index (χ3v) is 4.07. The molecule has 0 atom stereocenters. The van der Waals surface area contributed by atoms with Crippen molar-refractivity contribution in [3.05, 3.63) is 42.2 Å². The number of halogens is 2. The molecule has 3 rings (SSSR count). The van der Waals surface area contributed by atoms with Crippen molar-refractivity contribution in [1.82, 2.24) is 9.88 Å². The van der Waals surface area contributed by atoms with E-state index in [1.54, 1.807) is 11.1 Å². The quantitative estimate of drug-likeness (QED) is 0.812. The van der Waals surface area contributed by atoms with E-state index >= 15 is 0 Å². The Morgan fingerprint density at radius 3 is 2.74 bits per heavy atom. The molecular weight excluding hydrogens is 302 g/mol. The predicted octanol–water partition coefficient (Wildman–Crippen LogP) is 3.12. The number of aromatic nitrogens is 1. The van der Waals surface area contributed by atoms with Crippen LogP contribution in [0.25, 0.3) is 10.8 Å². The third-order valence-electron chi connectivity index (χ3n) is 4.07. The van der Waals surface area contributed by atoms with Gasteiger partial charge in [-0.15, -0.1) is 0 Å². The minimum atomic E-state index is -2.33. The molecule has 2 heterocycles. The first-order valence-electron chi connectivity index (χ1n) is 7.68. The van der Waals surface area contributed by atoms with E-state index in [4.69, 9.17) is 4.74 Å². The number of esters is 1. The Labute approximate surface area is 133 Å². The molecule has 6 heteroatoms. The Balaban J connectivity index is 1.63. The number of alkyl halides is 2. The number of carbonyl (C=O) groups excluding carboxylic acids is 1. The Kier molecular flexibility index (Phi) is 4.81. The van der Waals surface area contributed by atoms with Crippen LogP contribution in [0.4, 0.5) is 8.78 Å². The van der Waals surface area contributed by atoms with E-state index < -0.39 is 12.4 Å². The number of rotatable bonds is 4. The Bertz CT molecular complexity index is 680. The summed E-state index contributed by atoms with van der Waals surface area (Å²) in [4.78, 5) is 18.2. The number of ether oxygens (including phenoxy) is 1. The number of hydrogen-bond acceptors (Lipinski definition) is 4. The summed E-state index contributed by atoms with van der Waals surface area (Å²) in [6.07, 6.45) is 0.169. The zero-order chi connectivity index (χ0) is 16.2. The second-order valence-corrected chi connectivity index (χ2v) is 5.68. The Morgan fingerprint density at radius 1 is 1.26 bits per heavy atom. The van der Waals surface area contributed by atoms with Gasteiger partial charge in [0.15, 0.2) is 5.69 Å².